The zero-order chi connectivity index (χ0) is 13.2. The second-order valence-corrected chi connectivity index (χ2v) is 5.41. The lowest BCUT2D eigenvalue weighted by atomic mass is 10.2. The van der Waals surface area contributed by atoms with Crippen molar-refractivity contribution in [3.8, 4) is 21.8 Å². The van der Waals surface area contributed by atoms with Crippen LogP contribution < -0.4 is 5.73 Å². The predicted octanol–water partition coefficient (Wildman–Crippen LogP) is 4.71. The van der Waals surface area contributed by atoms with Gasteiger partial charge in [0.05, 0.1) is 10.7 Å². The smallest absolute Gasteiger partial charge is 0.125 e. The molecule has 2 aromatic carbocycles. The van der Waals surface area contributed by atoms with Crippen molar-refractivity contribution in [1.82, 2.24) is 4.98 Å². The zero-order valence-corrected chi connectivity index (χ0v) is 11.6. The van der Waals surface area contributed by atoms with Gasteiger partial charge in [0.15, 0.2) is 0 Å². The molecule has 1 aromatic heterocycles. The second kappa shape index (κ2) is 5.03. The number of nitrogen functional groups attached to an aromatic ring is 1. The summed E-state index contributed by atoms with van der Waals surface area (Å²) < 4.78 is 0. The van der Waals surface area contributed by atoms with Gasteiger partial charge in [-0.2, -0.15) is 0 Å². The number of thiazole rings is 1. The molecule has 19 heavy (non-hydrogen) atoms. The third-order valence-corrected chi connectivity index (χ3v) is 4.00. The van der Waals surface area contributed by atoms with Crippen LogP contribution in [-0.4, -0.2) is 4.98 Å². The average Bonchev–Trinajstić information content (AvgIpc) is 2.92. The van der Waals surface area contributed by atoms with Gasteiger partial charge in [0, 0.05) is 22.2 Å². The highest BCUT2D eigenvalue weighted by atomic mass is 35.5. The van der Waals surface area contributed by atoms with E-state index in [0.717, 1.165) is 21.8 Å². The topological polar surface area (TPSA) is 38.9 Å². The van der Waals surface area contributed by atoms with Crippen LogP contribution in [0.2, 0.25) is 5.02 Å². The Morgan fingerprint density at radius 3 is 2.63 bits per heavy atom. The number of benzene rings is 2. The normalized spacial score (nSPS) is 10.6. The number of anilines is 1. The Morgan fingerprint density at radius 2 is 1.84 bits per heavy atom. The molecule has 2 N–H and O–H groups in total. The molecule has 0 unspecified atom stereocenters. The molecule has 4 heteroatoms. The number of nitrogens with two attached hydrogens (primary N) is 1. The van der Waals surface area contributed by atoms with Crippen LogP contribution in [0, 0.1) is 0 Å². The van der Waals surface area contributed by atoms with Crippen molar-refractivity contribution >= 4 is 28.6 Å². The van der Waals surface area contributed by atoms with Gasteiger partial charge in [0.1, 0.15) is 5.01 Å². The summed E-state index contributed by atoms with van der Waals surface area (Å²) in [7, 11) is 0. The SMILES string of the molecule is Nc1ccc(Cl)c(-c2nc(-c3ccccc3)cs2)c1. The van der Waals surface area contributed by atoms with Crippen molar-refractivity contribution in [3.05, 3.63) is 58.9 Å². The van der Waals surface area contributed by atoms with Gasteiger partial charge in [-0.1, -0.05) is 41.9 Å². The Bertz CT molecular complexity index is 707. The van der Waals surface area contributed by atoms with Gasteiger partial charge in [-0.05, 0) is 18.2 Å². The van der Waals surface area contributed by atoms with Gasteiger partial charge in [0.2, 0.25) is 0 Å². The van der Waals surface area contributed by atoms with Gasteiger partial charge in [-0.25, -0.2) is 4.98 Å². The van der Waals surface area contributed by atoms with E-state index in [-0.39, 0.29) is 0 Å². The van der Waals surface area contributed by atoms with E-state index < -0.39 is 0 Å². The lowest BCUT2D eigenvalue weighted by molar-refractivity contribution is 1.40. The lowest BCUT2D eigenvalue weighted by Crippen LogP contribution is -1.86. The molecule has 0 saturated carbocycles. The Kier molecular flexibility index (Phi) is 3.23. The van der Waals surface area contributed by atoms with Crippen molar-refractivity contribution in [3.63, 3.8) is 0 Å². The van der Waals surface area contributed by atoms with E-state index in [4.69, 9.17) is 17.3 Å². The number of halogens is 1. The molecule has 0 amide bonds. The summed E-state index contributed by atoms with van der Waals surface area (Å²) in [4.78, 5) is 4.63. The third-order valence-electron chi connectivity index (χ3n) is 2.79. The van der Waals surface area contributed by atoms with E-state index in [1.54, 1.807) is 23.5 Å². The summed E-state index contributed by atoms with van der Waals surface area (Å²) in [5.74, 6) is 0. The maximum atomic E-state index is 6.20. The highest BCUT2D eigenvalue weighted by Crippen LogP contribution is 2.34. The van der Waals surface area contributed by atoms with E-state index in [1.165, 1.54) is 0 Å². The Labute approximate surface area is 120 Å². The fraction of sp³-hybridized carbons (Fsp3) is 0. The van der Waals surface area contributed by atoms with Crippen LogP contribution in [-0.2, 0) is 0 Å². The minimum Gasteiger partial charge on any atom is -0.399 e. The van der Waals surface area contributed by atoms with Crippen LogP contribution in [0.1, 0.15) is 0 Å². The molecule has 3 rings (SSSR count). The molecule has 0 aliphatic heterocycles. The van der Waals surface area contributed by atoms with E-state index in [0.29, 0.717) is 10.7 Å². The summed E-state index contributed by atoms with van der Waals surface area (Å²) in [6.07, 6.45) is 0. The molecule has 0 bridgehead atoms. The number of hydrogen-bond acceptors (Lipinski definition) is 3. The van der Waals surface area contributed by atoms with Crippen molar-refractivity contribution in [1.29, 1.82) is 0 Å². The molecule has 0 fully saturated rings. The summed E-state index contributed by atoms with van der Waals surface area (Å²) in [6, 6.07) is 15.5. The van der Waals surface area contributed by atoms with Gasteiger partial charge >= 0.3 is 0 Å². The van der Waals surface area contributed by atoms with Crippen molar-refractivity contribution in [2.75, 3.05) is 5.73 Å². The van der Waals surface area contributed by atoms with E-state index in [1.807, 2.05) is 41.8 Å². The lowest BCUT2D eigenvalue weighted by Gasteiger charge is -2.01. The molecule has 2 nitrogen and oxygen atoms in total. The number of nitrogens with zero attached hydrogens (tertiary/aromatic N) is 1. The van der Waals surface area contributed by atoms with Crippen LogP contribution in [0.25, 0.3) is 21.8 Å². The third kappa shape index (κ3) is 2.48. The van der Waals surface area contributed by atoms with Crippen molar-refractivity contribution in [2.24, 2.45) is 0 Å². The molecule has 0 spiro atoms. The first kappa shape index (κ1) is 12.2. The molecule has 1 heterocycles. The second-order valence-electron chi connectivity index (χ2n) is 4.14. The van der Waals surface area contributed by atoms with Gasteiger partial charge in [-0.15, -0.1) is 11.3 Å². The largest absolute Gasteiger partial charge is 0.399 e. The van der Waals surface area contributed by atoms with Gasteiger partial charge in [0.25, 0.3) is 0 Å². The predicted molar refractivity (Wildman–Crippen MR) is 82.4 cm³/mol. The standard InChI is InChI=1S/C15H11ClN2S/c16-13-7-6-11(17)8-12(13)15-18-14(9-19-15)10-4-2-1-3-5-10/h1-9H,17H2. The van der Waals surface area contributed by atoms with Crippen LogP contribution in [0.15, 0.2) is 53.9 Å². The molecule has 0 aliphatic carbocycles. The molecule has 0 aliphatic rings. The average molecular weight is 287 g/mol. The summed E-state index contributed by atoms with van der Waals surface area (Å²) in [6.45, 7) is 0. The maximum absolute atomic E-state index is 6.20. The van der Waals surface area contributed by atoms with Gasteiger partial charge < -0.3 is 5.73 Å². The molecule has 94 valence electrons. The Hall–Kier alpha value is -1.84. The van der Waals surface area contributed by atoms with Crippen LogP contribution in [0.5, 0.6) is 0 Å². The number of aromatic nitrogens is 1. The molecule has 0 radical (unpaired) electrons. The Morgan fingerprint density at radius 1 is 1.05 bits per heavy atom. The summed E-state index contributed by atoms with van der Waals surface area (Å²) >= 11 is 7.77. The molecule has 0 atom stereocenters. The molecule has 0 saturated heterocycles. The summed E-state index contributed by atoms with van der Waals surface area (Å²) in [5, 5.41) is 3.59. The molecule has 3 aromatic rings. The van der Waals surface area contributed by atoms with Crippen molar-refractivity contribution < 1.29 is 0 Å². The van der Waals surface area contributed by atoms with Crippen molar-refractivity contribution in [2.45, 2.75) is 0 Å². The first-order valence-corrected chi connectivity index (χ1v) is 7.06. The number of hydrogen-bond donors (Lipinski definition) is 1. The van der Waals surface area contributed by atoms with Gasteiger partial charge in [-0.3, -0.25) is 0 Å². The van der Waals surface area contributed by atoms with Crippen LogP contribution in [0.3, 0.4) is 0 Å². The van der Waals surface area contributed by atoms with E-state index >= 15 is 0 Å². The highest BCUT2D eigenvalue weighted by Gasteiger charge is 2.10. The quantitative estimate of drug-likeness (QED) is 0.693. The highest BCUT2D eigenvalue weighted by molar-refractivity contribution is 7.13. The first-order chi connectivity index (χ1) is 9.24. The fourth-order valence-corrected chi connectivity index (χ4v) is 2.97. The maximum Gasteiger partial charge on any atom is 0.125 e. The number of rotatable bonds is 2. The molecular formula is C15H11ClN2S. The van der Waals surface area contributed by atoms with Crippen LogP contribution in [0.4, 0.5) is 5.69 Å². The monoisotopic (exact) mass is 286 g/mol. The summed E-state index contributed by atoms with van der Waals surface area (Å²) in [5.41, 5.74) is 9.43. The Balaban J connectivity index is 2.04. The zero-order valence-electron chi connectivity index (χ0n) is 10.0. The minimum atomic E-state index is 0.670. The minimum absolute atomic E-state index is 0.670. The van der Waals surface area contributed by atoms with E-state index in [2.05, 4.69) is 4.98 Å². The van der Waals surface area contributed by atoms with E-state index in [9.17, 15) is 0 Å². The fourth-order valence-electron chi connectivity index (χ4n) is 1.85. The molecular weight excluding hydrogens is 276 g/mol. The first-order valence-electron chi connectivity index (χ1n) is 5.80. The van der Waals surface area contributed by atoms with Crippen LogP contribution >= 0.6 is 22.9 Å².